The van der Waals surface area contributed by atoms with Gasteiger partial charge in [0.05, 0.1) is 27.6 Å². The van der Waals surface area contributed by atoms with Crippen LogP contribution in [0.25, 0.3) is 0 Å². The van der Waals surface area contributed by atoms with E-state index in [-0.39, 0.29) is 22.4 Å². The number of nitrogens with one attached hydrogen (secondary N) is 1. The largest absolute Gasteiger partial charge is 0.480 e. The number of aliphatic carboxylic acids is 1. The van der Waals surface area contributed by atoms with Gasteiger partial charge in [0.1, 0.15) is 5.54 Å². The van der Waals surface area contributed by atoms with Gasteiger partial charge in [0, 0.05) is 11.1 Å². The first-order valence-electron chi connectivity index (χ1n) is 12.8. The molecule has 196 valence electrons. The van der Waals surface area contributed by atoms with E-state index < -0.39 is 41.2 Å². The van der Waals surface area contributed by atoms with Gasteiger partial charge in [0.15, 0.2) is 0 Å². The zero-order valence-electron chi connectivity index (χ0n) is 20.5. The van der Waals surface area contributed by atoms with Crippen molar-refractivity contribution >= 4 is 58.3 Å². The highest BCUT2D eigenvalue weighted by Crippen LogP contribution is 2.54. The quantitative estimate of drug-likeness (QED) is 0.311. The number of aryl methyl sites for hydroxylation is 1. The van der Waals surface area contributed by atoms with Crippen LogP contribution in [0.15, 0.2) is 36.4 Å². The van der Waals surface area contributed by atoms with E-state index >= 15 is 0 Å². The van der Waals surface area contributed by atoms with Crippen LogP contribution in [0.4, 0.5) is 5.69 Å². The fourth-order valence-electron chi connectivity index (χ4n) is 6.53. The first kappa shape index (κ1) is 26.5. The van der Waals surface area contributed by atoms with E-state index in [0.717, 1.165) is 49.0 Å². The molecule has 37 heavy (non-hydrogen) atoms. The summed E-state index contributed by atoms with van der Waals surface area (Å²) >= 11 is 19.2. The van der Waals surface area contributed by atoms with Crippen LogP contribution in [-0.4, -0.2) is 28.4 Å². The highest BCUT2D eigenvalue weighted by molar-refractivity contribution is 6.43. The second kappa shape index (κ2) is 10.2. The molecule has 0 spiro atoms. The number of halogens is 3. The Labute approximate surface area is 231 Å². The molecule has 3 aliphatic rings. The van der Waals surface area contributed by atoms with E-state index in [1.54, 1.807) is 18.2 Å². The van der Waals surface area contributed by atoms with E-state index in [2.05, 4.69) is 5.32 Å². The van der Waals surface area contributed by atoms with Gasteiger partial charge in [-0.2, -0.15) is 0 Å². The average Bonchev–Trinajstić information content (AvgIpc) is 3.36. The van der Waals surface area contributed by atoms with Gasteiger partial charge in [0.2, 0.25) is 11.8 Å². The molecule has 4 atom stereocenters. The number of amides is 2. The minimum Gasteiger partial charge on any atom is -0.480 e. The van der Waals surface area contributed by atoms with E-state index in [4.69, 9.17) is 34.8 Å². The Morgan fingerprint density at radius 2 is 1.73 bits per heavy atom. The van der Waals surface area contributed by atoms with Gasteiger partial charge in [-0.05, 0) is 54.2 Å². The van der Waals surface area contributed by atoms with E-state index in [1.165, 1.54) is 6.07 Å². The summed E-state index contributed by atoms with van der Waals surface area (Å²) < 4.78 is 0. The molecular weight excluding hydrogens is 535 g/mol. The highest BCUT2D eigenvalue weighted by Gasteiger charge is 2.69. The maximum absolute atomic E-state index is 14.0. The van der Waals surface area contributed by atoms with Gasteiger partial charge in [0.25, 0.3) is 0 Å². The summed E-state index contributed by atoms with van der Waals surface area (Å²) in [6, 6.07) is 9.48. The normalized spacial score (nSPS) is 28.1. The van der Waals surface area contributed by atoms with Crippen LogP contribution < -0.4 is 10.2 Å². The second-order valence-electron chi connectivity index (χ2n) is 10.4. The first-order valence-corrected chi connectivity index (χ1v) is 13.9. The topological polar surface area (TPSA) is 86.7 Å². The van der Waals surface area contributed by atoms with E-state index in [9.17, 15) is 19.5 Å². The van der Waals surface area contributed by atoms with E-state index in [0.29, 0.717) is 16.3 Å². The molecule has 5 rings (SSSR count). The van der Waals surface area contributed by atoms with Crippen molar-refractivity contribution in [2.45, 2.75) is 63.5 Å². The lowest BCUT2D eigenvalue weighted by Gasteiger charge is -2.35. The summed E-state index contributed by atoms with van der Waals surface area (Å²) in [4.78, 5) is 42.2. The third-order valence-electron chi connectivity index (χ3n) is 8.33. The number of hydrogen-bond acceptors (Lipinski definition) is 4. The molecule has 3 fully saturated rings. The summed E-state index contributed by atoms with van der Waals surface area (Å²) in [5.74, 6) is -4.01. The molecule has 2 heterocycles. The smallest absolute Gasteiger partial charge is 0.324 e. The number of imide groups is 1. The predicted octanol–water partition coefficient (Wildman–Crippen LogP) is 6.45. The van der Waals surface area contributed by atoms with E-state index in [1.807, 2.05) is 19.1 Å². The number of carboxylic acids is 1. The third kappa shape index (κ3) is 4.46. The zero-order valence-corrected chi connectivity index (χ0v) is 22.7. The lowest BCUT2D eigenvalue weighted by molar-refractivity contribution is -0.150. The van der Waals surface area contributed by atoms with Gasteiger partial charge in [-0.3, -0.25) is 19.7 Å². The van der Waals surface area contributed by atoms with Crippen molar-refractivity contribution < 1.29 is 19.5 Å². The summed E-state index contributed by atoms with van der Waals surface area (Å²) in [7, 11) is 0. The maximum Gasteiger partial charge on any atom is 0.324 e. The van der Waals surface area contributed by atoms with Crippen molar-refractivity contribution in [1.82, 2.24) is 5.32 Å². The molecule has 9 heteroatoms. The molecule has 1 saturated carbocycles. The van der Waals surface area contributed by atoms with Crippen molar-refractivity contribution in [2.24, 2.45) is 17.8 Å². The monoisotopic (exact) mass is 562 g/mol. The van der Waals surface area contributed by atoms with Crippen LogP contribution in [0.1, 0.15) is 62.6 Å². The van der Waals surface area contributed by atoms with Gasteiger partial charge in [-0.1, -0.05) is 86.0 Å². The Balaban J connectivity index is 1.64. The molecule has 2 N–H and O–H groups in total. The Morgan fingerprint density at radius 3 is 2.35 bits per heavy atom. The molecule has 0 bridgehead atoms. The molecule has 2 saturated heterocycles. The van der Waals surface area contributed by atoms with Crippen LogP contribution in [0.2, 0.25) is 15.1 Å². The zero-order chi connectivity index (χ0) is 26.5. The van der Waals surface area contributed by atoms with Crippen LogP contribution in [-0.2, 0) is 20.8 Å². The van der Waals surface area contributed by atoms with Crippen molar-refractivity contribution in [3.63, 3.8) is 0 Å². The number of nitrogens with zero attached hydrogens (tertiary/aromatic N) is 1. The molecule has 0 aromatic heterocycles. The minimum atomic E-state index is -1.62. The van der Waals surface area contributed by atoms with Crippen LogP contribution >= 0.6 is 34.8 Å². The Bertz CT molecular complexity index is 1240. The molecule has 4 unspecified atom stereocenters. The van der Waals surface area contributed by atoms with Crippen LogP contribution in [0.5, 0.6) is 0 Å². The predicted molar refractivity (Wildman–Crippen MR) is 144 cm³/mol. The molecule has 2 aromatic rings. The highest BCUT2D eigenvalue weighted by atomic mass is 35.5. The number of anilines is 1. The standard InChI is InChI=1S/C28H29Cl3N2O4/c1-2-15-8-10-18(11-9-15)33-25(34)21-22(26(33)35)28(27(36)37,14-16-6-4-3-5-7-16)32-24(21)19-12-17(29)13-20(30)23(19)31/h8-13,16,21-22,24,32H,2-7,14H2,1H3,(H,36,37). The average molecular weight is 564 g/mol. The summed E-state index contributed by atoms with van der Waals surface area (Å²) in [6.45, 7) is 2.02. The van der Waals surface area contributed by atoms with Crippen LogP contribution in [0, 0.1) is 17.8 Å². The number of hydrogen-bond donors (Lipinski definition) is 2. The fourth-order valence-corrected chi connectivity index (χ4v) is 7.26. The number of benzene rings is 2. The fraction of sp³-hybridized carbons (Fsp3) is 0.464. The summed E-state index contributed by atoms with van der Waals surface area (Å²) in [6.07, 6.45) is 6.03. The molecular formula is C28H29Cl3N2O4. The van der Waals surface area contributed by atoms with Gasteiger partial charge in [-0.25, -0.2) is 4.90 Å². The van der Waals surface area contributed by atoms with Gasteiger partial charge in [-0.15, -0.1) is 0 Å². The van der Waals surface area contributed by atoms with Crippen LogP contribution in [0.3, 0.4) is 0 Å². The van der Waals surface area contributed by atoms with Gasteiger partial charge < -0.3 is 5.11 Å². The number of carbonyl (C=O) groups excluding carboxylic acids is 2. The number of carboxylic acid groups (broad SMARTS) is 1. The molecule has 0 radical (unpaired) electrons. The molecule has 1 aliphatic carbocycles. The van der Waals surface area contributed by atoms with Crippen molar-refractivity contribution in [3.05, 3.63) is 62.6 Å². The van der Waals surface area contributed by atoms with Crippen molar-refractivity contribution in [2.75, 3.05) is 4.90 Å². The lowest BCUT2D eigenvalue weighted by Crippen LogP contribution is -2.57. The second-order valence-corrected chi connectivity index (χ2v) is 11.7. The first-order chi connectivity index (χ1) is 17.7. The molecule has 2 amide bonds. The Hall–Kier alpha value is -2.12. The number of fused-ring (bicyclic) bond motifs is 1. The van der Waals surface area contributed by atoms with Crippen molar-refractivity contribution in [3.8, 4) is 0 Å². The third-order valence-corrected chi connectivity index (χ3v) is 9.37. The summed E-state index contributed by atoms with van der Waals surface area (Å²) in [5.41, 5.74) is 0.304. The number of rotatable bonds is 6. The molecule has 2 aliphatic heterocycles. The number of carbonyl (C=O) groups is 3. The SMILES string of the molecule is CCc1ccc(N2C(=O)C3C(c4cc(Cl)cc(Cl)c4Cl)NC(CC4CCCCC4)(C(=O)O)C3C2=O)cc1. The van der Waals surface area contributed by atoms with Gasteiger partial charge >= 0.3 is 5.97 Å². The summed E-state index contributed by atoms with van der Waals surface area (Å²) in [5, 5.41) is 14.6. The Morgan fingerprint density at radius 1 is 1.05 bits per heavy atom. The molecule has 6 nitrogen and oxygen atoms in total. The molecule has 2 aromatic carbocycles. The van der Waals surface area contributed by atoms with Crippen molar-refractivity contribution in [1.29, 1.82) is 0 Å². The Kier molecular flexibility index (Phi) is 7.31. The minimum absolute atomic E-state index is 0.135. The maximum atomic E-state index is 14.0. The lowest BCUT2D eigenvalue weighted by atomic mass is 9.72.